The van der Waals surface area contributed by atoms with E-state index in [-0.39, 0.29) is 12.0 Å². The highest BCUT2D eigenvalue weighted by Gasteiger charge is 2.28. The van der Waals surface area contributed by atoms with Gasteiger partial charge in [-0.3, -0.25) is 0 Å². The molecule has 0 unspecified atom stereocenters. The number of rotatable bonds is 7. The van der Waals surface area contributed by atoms with Crippen LogP contribution < -0.4 is 4.84 Å². The number of ether oxygens (including phenoxy) is 1. The van der Waals surface area contributed by atoms with E-state index in [9.17, 15) is 4.79 Å². The maximum atomic E-state index is 12.2. The van der Waals surface area contributed by atoms with Gasteiger partial charge in [0.25, 0.3) is 0 Å². The summed E-state index contributed by atoms with van der Waals surface area (Å²) in [4.78, 5) is 21.6. The van der Waals surface area contributed by atoms with Gasteiger partial charge in [0.15, 0.2) is 0 Å². The molecule has 6 nitrogen and oxygen atoms in total. The summed E-state index contributed by atoms with van der Waals surface area (Å²) in [6.45, 7) is 4.02. The minimum absolute atomic E-state index is 0.227. The lowest BCUT2D eigenvalue weighted by molar-refractivity contribution is 0.0700. The summed E-state index contributed by atoms with van der Waals surface area (Å²) in [5.41, 5.74) is 6.58. The quantitative estimate of drug-likeness (QED) is 0.316. The van der Waals surface area contributed by atoms with Gasteiger partial charge in [-0.1, -0.05) is 84.9 Å². The van der Waals surface area contributed by atoms with Crippen molar-refractivity contribution in [2.45, 2.75) is 32.3 Å². The lowest BCUT2D eigenvalue weighted by Crippen LogP contribution is -2.38. The van der Waals surface area contributed by atoms with Crippen molar-refractivity contribution in [3.8, 4) is 22.4 Å². The lowest BCUT2D eigenvalue weighted by Gasteiger charge is -2.31. The predicted molar refractivity (Wildman–Crippen MR) is 140 cm³/mol. The Kier molecular flexibility index (Phi) is 7.31. The van der Waals surface area contributed by atoms with Gasteiger partial charge in [-0.25, -0.2) is 4.79 Å². The number of aromatic nitrogens is 2. The van der Waals surface area contributed by atoms with Crippen molar-refractivity contribution in [3.63, 3.8) is 0 Å². The second kappa shape index (κ2) is 11.1. The monoisotopic (exact) mass is 481 g/mol. The van der Waals surface area contributed by atoms with E-state index in [4.69, 9.17) is 14.7 Å². The highest BCUT2D eigenvalue weighted by molar-refractivity contribution is 5.71. The summed E-state index contributed by atoms with van der Waals surface area (Å²) in [5.74, 6) is 0.286. The molecule has 2 heterocycles. The molecule has 184 valence electrons. The van der Waals surface area contributed by atoms with Gasteiger partial charge >= 0.3 is 6.09 Å². The SMILES string of the molecule is CCOC(=O)N1CCC(c2cn(OCc3ccccc3)nc2-c2ccc(-c3ccccc3)cc2)CC1. The van der Waals surface area contributed by atoms with Crippen LogP contribution in [-0.2, 0) is 11.3 Å². The minimum Gasteiger partial charge on any atom is -0.450 e. The molecule has 0 radical (unpaired) electrons. The van der Waals surface area contributed by atoms with E-state index in [2.05, 4.69) is 48.5 Å². The summed E-state index contributed by atoms with van der Waals surface area (Å²) in [6.07, 6.45) is 3.50. The second-order valence-electron chi connectivity index (χ2n) is 9.00. The van der Waals surface area contributed by atoms with E-state index in [1.54, 1.807) is 9.75 Å². The normalized spacial score (nSPS) is 14.0. The number of carbonyl (C=O) groups excluding carboxylic acids is 1. The first-order valence-electron chi connectivity index (χ1n) is 12.6. The third-order valence-electron chi connectivity index (χ3n) is 6.65. The molecule has 0 saturated carbocycles. The Hall–Kier alpha value is -4.06. The van der Waals surface area contributed by atoms with Crippen LogP contribution in [0.1, 0.15) is 36.8 Å². The van der Waals surface area contributed by atoms with Gasteiger partial charge in [0.05, 0.1) is 18.5 Å². The van der Waals surface area contributed by atoms with Crippen molar-refractivity contribution in [1.82, 2.24) is 14.8 Å². The third-order valence-corrected chi connectivity index (χ3v) is 6.65. The minimum atomic E-state index is -0.227. The summed E-state index contributed by atoms with van der Waals surface area (Å²) in [7, 11) is 0. The molecule has 1 aromatic heterocycles. The van der Waals surface area contributed by atoms with Crippen molar-refractivity contribution in [3.05, 3.63) is 102 Å². The number of carbonyl (C=O) groups is 1. The molecule has 1 aliphatic heterocycles. The topological polar surface area (TPSA) is 56.6 Å². The molecule has 1 aliphatic rings. The van der Waals surface area contributed by atoms with Gasteiger partial charge in [0, 0.05) is 24.2 Å². The lowest BCUT2D eigenvalue weighted by atomic mass is 9.88. The standard InChI is InChI=1S/C30H31N3O3/c1-2-35-30(34)32-19-17-26(18-20-32)28-21-33(36-22-23-9-5-3-6-10-23)31-29(28)27-15-13-25(14-16-27)24-11-7-4-8-12-24/h3-16,21,26H,2,17-20,22H2,1H3. The van der Waals surface area contributed by atoms with Crippen molar-refractivity contribution in [2.24, 2.45) is 0 Å². The van der Waals surface area contributed by atoms with Gasteiger partial charge in [-0.15, -0.1) is 9.94 Å². The van der Waals surface area contributed by atoms with E-state index < -0.39 is 0 Å². The number of benzene rings is 3. The van der Waals surface area contributed by atoms with E-state index in [1.807, 2.05) is 49.5 Å². The molecule has 0 spiro atoms. The molecule has 1 fully saturated rings. The molecular formula is C30H31N3O3. The van der Waals surface area contributed by atoms with Crippen molar-refractivity contribution in [1.29, 1.82) is 0 Å². The average Bonchev–Trinajstić information content (AvgIpc) is 3.38. The molecule has 36 heavy (non-hydrogen) atoms. The van der Waals surface area contributed by atoms with Crippen molar-refractivity contribution >= 4 is 6.09 Å². The van der Waals surface area contributed by atoms with Gasteiger partial charge in [-0.2, -0.15) is 0 Å². The zero-order valence-electron chi connectivity index (χ0n) is 20.5. The zero-order chi connectivity index (χ0) is 24.7. The van der Waals surface area contributed by atoms with Gasteiger partial charge in [-0.05, 0) is 42.4 Å². The Morgan fingerprint density at radius 1 is 0.861 bits per heavy atom. The maximum absolute atomic E-state index is 12.2. The van der Waals surface area contributed by atoms with E-state index in [0.717, 1.165) is 35.2 Å². The molecule has 6 heteroatoms. The molecule has 0 atom stereocenters. The average molecular weight is 482 g/mol. The summed E-state index contributed by atoms with van der Waals surface area (Å²) < 4.78 is 5.19. The number of nitrogens with zero attached hydrogens (tertiary/aromatic N) is 3. The smallest absolute Gasteiger partial charge is 0.409 e. The number of piperidine rings is 1. The summed E-state index contributed by atoms with van der Waals surface area (Å²) in [5, 5.41) is 4.85. The molecule has 3 aromatic carbocycles. The molecule has 1 amide bonds. The largest absolute Gasteiger partial charge is 0.450 e. The van der Waals surface area contributed by atoms with Crippen LogP contribution in [0.3, 0.4) is 0 Å². The Labute approximate surface area is 212 Å². The molecule has 4 aromatic rings. The first-order valence-corrected chi connectivity index (χ1v) is 12.6. The fourth-order valence-corrected chi connectivity index (χ4v) is 4.71. The fourth-order valence-electron chi connectivity index (χ4n) is 4.71. The van der Waals surface area contributed by atoms with Crippen LogP contribution in [0, 0.1) is 0 Å². The third kappa shape index (κ3) is 5.43. The van der Waals surface area contributed by atoms with E-state index >= 15 is 0 Å². The molecule has 0 N–H and O–H groups in total. The van der Waals surface area contributed by atoms with Gasteiger partial charge < -0.3 is 14.5 Å². The van der Waals surface area contributed by atoms with Crippen LogP contribution in [-0.4, -0.2) is 40.6 Å². The molecule has 0 aliphatic carbocycles. The zero-order valence-corrected chi connectivity index (χ0v) is 20.5. The van der Waals surface area contributed by atoms with E-state index in [0.29, 0.717) is 26.3 Å². The highest BCUT2D eigenvalue weighted by Crippen LogP contribution is 2.35. The van der Waals surface area contributed by atoms with Crippen LogP contribution in [0.4, 0.5) is 4.79 Å². The fraction of sp³-hybridized carbons (Fsp3) is 0.267. The van der Waals surface area contributed by atoms with Crippen LogP contribution >= 0.6 is 0 Å². The first-order chi connectivity index (χ1) is 17.7. The summed E-state index contributed by atoms with van der Waals surface area (Å²) in [6, 6.07) is 29.0. The number of hydrogen-bond donors (Lipinski definition) is 0. The Bertz CT molecular complexity index is 1260. The Morgan fingerprint density at radius 2 is 1.47 bits per heavy atom. The van der Waals surface area contributed by atoms with Crippen LogP contribution in [0.5, 0.6) is 0 Å². The highest BCUT2D eigenvalue weighted by atomic mass is 16.7. The van der Waals surface area contributed by atoms with Crippen molar-refractivity contribution < 1.29 is 14.4 Å². The number of likely N-dealkylation sites (tertiary alicyclic amines) is 1. The van der Waals surface area contributed by atoms with E-state index in [1.165, 1.54) is 11.1 Å². The first kappa shape index (κ1) is 23.7. The molecule has 1 saturated heterocycles. The molecule has 5 rings (SSSR count). The Balaban J connectivity index is 1.39. The van der Waals surface area contributed by atoms with Crippen LogP contribution in [0.2, 0.25) is 0 Å². The van der Waals surface area contributed by atoms with Gasteiger partial charge in [0.2, 0.25) is 0 Å². The number of amides is 1. The Morgan fingerprint density at radius 3 is 2.14 bits per heavy atom. The predicted octanol–water partition coefficient (Wildman–Crippen LogP) is 6.18. The molecular weight excluding hydrogens is 450 g/mol. The van der Waals surface area contributed by atoms with Crippen LogP contribution in [0.15, 0.2) is 91.1 Å². The summed E-state index contributed by atoms with van der Waals surface area (Å²) >= 11 is 0. The van der Waals surface area contributed by atoms with Crippen LogP contribution in [0.25, 0.3) is 22.4 Å². The maximum Gasteiger partial charge on any atom is 0.409 e. The number of hydrogen-bond acceptors (Lipinski definition) is 4. The second-order valence-corrected chi connectivity index (χ2v) is 9.00. The molecule has 0 bridgehead atoms. The van der Waals surface area contributed by atoms with Crippen molar-refractivity contribution in [2.75, 3.05) is 19.7 Å². The van der Waals surface area contributed by atoms with Gasteiger partial charge in [0.1, 0.15) is 6.61 Å².